The molecule has 1 saturated carbocycles. The molecule has 0 aromatic carbocycles. The highest BCUT2D eigenvalue weighted by Crippen LogP contribution is 2.39. The summed E-state index contributed by atoms with van der Waals surface area (Å²) in [6.07, 6.45) is 4.32. The number of fused-ring (bicyclic) bond motifs is 1. The highest BCUT2D eigenvalue weighted by atomic mass is 79.9. The van der Waals surface area contributed by atoms with Crippen molar-refractivity contribution in [2.24, 2.45) is 5.92 Å². The van der Waals surface area contributed by atoms with Crippen molar-refractivity contribution in [3.8, 4) is 0 Å². The molecule has 2 aliphatic rings. The van der Waals surface area contributed by atoms with E-state index in [1.807, 2.05) is 0 Å². The molecule has 0 N–H and O–H groups in total. The van der Waals surface area contributed by atoms with E-state index in [4.69, 9.17) is 9.47 Å². The van der Waals surface area contributed by atoms with Crippen LogP contribution in [-0.4, -0.2) is 29.6 Å². The molecule has 3 nitrogen and oxygen atoms in total. The molecule has 0 bridgehead atoms. The zero-order valence-electron chi connectivity index (χ0n) is 8.24. The Kier molecular flexibility index (Phi) is 3.12. The number of esters is 1. The van der Waals surface area contributed by atoms with Gasteiger partial charge in [-0.25, -0.2) is 0 Å². The van der Waals surface area contributed by atoms with Gasteiger partial charge in [0.25, 0.3) is 0 Å². The molecule has 0 spiro atoms. The number of epoxide rings is 1. The van der Waals surface area contributed by atoms with E-state index in [9.17, 15) is 4.79 Å². The molecule has 4 heteroatoms. The molecule has 0 radical (unpaired) electrons. The minimum Gasteiger partial charge on any atom is -0.465 e. The first kappa shape index (κ1) is 10.4. The van der Waals surface area contributed by atoms with Crippen LogP contribution in [0.15, 0.2) is 0 Å². The molecule has 0 aromatic heterocycles. The molecule has 0 amide bonds. The molecule has 2 fully saturated rings. The van der Waals surface area contributed by atoms with Gasteiger partial charge in [0.2, 0.25) is 0 Å². The zero-order valence-corrected chi connectivity index (χ0v) is 9.83. The summed E-state index contributed by atoms with van der Waals surface area (Å²) >= 11 is 3.19. The Morgan fingerprint density at radius 1 is 1.57 bits per heavy atom. The molecule has 14 heavy (non-hydrogen) atoms. The smallest absolute Gasteiger partial charge is 0.319 e. The lowest BCUT2D eigenvalue weighted by atomic mass is 9.90. The SMILES string of the molecule is CC(Br)C(=O)OCC1CCC2OC2C1. The quantitative estimate of drug-likeness (QED) is 0.443. The number of carbonyl (C=O) groups is 1. The Labute approximate surface area is 92.3 Å². The summed E-state index contributed by atoms with van der Waals surface area (Å²) in [5.41, 5.74) is 0. The Balaban J connectivity index is 1.67. The fourth-order valence-corrected chi connectivity index (χ4v) is 2.09. The van der Waals surface area contributed by atoms with Crippen LogP contribution >= 0.6 is 15.9 Å². The lowest BCUT2D eigenvalue weighted by Crippen LogP contribution is -2.23. The molecule has 0 aromatic rings. The Hall–Kier alpha value is -0.0900. The Bertz CT molecular complexity index is 229. The maximum Gasteiger partial charge on any atom is 0.319 e. The summed E-state index contributed by atoms with van der Waals surface area (Å²) in [6.45, 7) is 2.34. The number of carbonyl (C=O) groups excluding carboxylic acids is 1. The predicted octanol–water partition coefficient (Wildman–Crippen LogP) is 1.88. The minimum absolute atomic E-state index is 0.163. The largest absolute Gasteiger partial charge is 0.465 e. The lowest BCUT2D eigenvalue weighted by molar-refractivity contribution is -0.144. The molecular weight excluding hydrogens is 248 g/mol. The topological polar surface area (TPSA) is 38.8 Å². The van der Waals surface area contributed by atoms with E-state index in [2.05, 4.69) is 15.9 Å². The minimum atomic E-state index is -0.198. The summed E-state index contributed by atoms with van der Waals surface area (Å²) < 4.78 is 10.6. The Morgan fingerprint density at radius 2 is 2.36 bits per heavy atom. The van der Waals surface area contributed by atoms with Gasteiger partial charge < -0.3 is 9.47 Å². The second kappa shape index (κ2) is 4.19. The van der Waals surface area contributed by atoms with Crippen molar-refractivity contribution in [1.82, 2.24) is 0 Å². The van der Waals surface area contributed by atoms with Crippen molar-refractivity contribution in [3.63, 3.8) is 0 Å². The predicted molar refractivity (Wildman–Crippen MR) is 55.4 cm³/mol. The molecule has 1 aliphatic carbocycles. The van der Waals surface area contributed by atoms with Crippen molar-refractivity contribution in [3.05, 3.63) is 0 Å². The van der Waals surface area contributed by atoms with Gasteiger partial charge >= 0.3 is 5.97 Å². The number of halogens is 1. The first-order chi connectivity index (χ1) is 6.66. The van der Waals surface area contributed by atoms with Gasteiger partial charge in [0.05, 0.1) is 18.8 Å². The second-order valence-corrected chi connectivity index (χ2v) is 5.51. The monoisotopic (exact) mass is 262 g/mol. The third-order valence-electron chi connectivity index (χ3n) is 2.90. The third kappa shape index (κ3) is 2.48. The zero-order chi connectivity index (χ0) is 10.1. The van der Waals surface area contributed by atoms with Crippen LogP contribution in [0.4, 0.5) is 0 Å². The van der Waals surface area contributed by atoms with E-state index in [1.165, 1.54) is 0 Å². The molecule has 1 aliphatic heterocycles. The van der Waals surface area contributed by atoms with E-state index in [0.717, 1.165) is 19.3 Å². The van der Waals surface area contributed by atoms with E-state index < -0.39 is 0 Å². The molecule has 4 atom stereocenters. The van der Waals surface area contributed by atoms with Gasteiger partial charge in [-0.3, -0.25) is 4.79 Å². The summed E-state index contributed by atoms with van der Waals surface area (Å²) in [7, 11) is 0. The normalized spacial score (nSPS) is 37.1. The van der Waals surface area contributed by atoms with Crippen LogP contribution in [0, 0.1) is 5.92 Å². The van der Waals surface area contributed by atoms with Gasteiger partial charge in [-0.15, -0.1) is 0 Å². The lowest BCUT2D eigenvalue weighted by Gasteiger charge is -2.18. The molecular formula is C10H15BrO3. The summed E-state index contributed by atoms with van der Waals surface area (Å²) in [5.74, 6) is 0.345. The van der Waals surface area contributed by atoms with Crippen LogP contribution < -0.4 is 0 Å². The number of ether oxygens (including phenoxy) is 2. The summed E-state index contributed by atoms with van der Waals surface area (Å²) in [6, 6.07) is 0. The summed E-state index contributed by atoms with van der Waals surface area (Å²) in [5, 5.41) is 0. The number of hydrogen-bond donors (Lipinski definition) is 0. The van der Waals surface area contributed by atoms with Crippen molar-refractivity contribution in [1.29, 1.82) is 0 Å². The van der Waals surface area contributed by atoms with Crippen molar-refractivity contribution >= 4 is 21.9 Å². The fraction of sp³-hybridized carbons (Fsp3) is 0.900. The molecule has 2 rings (SSSR count). The van der Waals surface area contributed by atoms with Crippen LogP contribution in [0.1, 0.15) is 26.2 Å². The van der Waals surface area contributed by atoms with Gasteiger partial charge in [-0.2, -0.15) is 0 Å². The highest BCUT2D eigenvalue weighted by molar-refractivity contribution is 9.10. The highest BCUT2D eigenvalue weighted by Gasteiger charge is 2.43. The van der Waals surface area contributed by atoms with E-state index in [1.54, 1.807) is 6.92 Å². The molecule has 80 valence electrons. The van der Waals surface area contributed by atoms with Crippen LogP contribution in [0.5, 0.6) is 0 Å². The van der Waals surface area contributed by atoms with Crippen LogP contribution in [0.3, 0.4) is 0 Å². The number of alkyl halides is 1. The van der Waals surface area contributed by atoms with Crippen LogP contribution in [0.2, 0.25) is 0 Å². The van der Waals surface area contributed by atoms with Crippen molar-refractivity contribution < 1.29 is 14.3 Å². The first-order valence-corrected chi connectivity index (χ1v) is 6.04. The maximum absolute atomic E-state index is 11.2. The molecule has 1 heterocycles. The van der Waals surface area contributed by atoms with Crippen LogP contribution in [-0.2, 0) is 14.3 Å². The van der Waals surface area contributed by atoms with E-state index >= 15 is 0 Å². The maximum atomic E-state index is 11.2. The van der Waals surface area contributed by atoms with E-state index in [-0.39, 0.29) is 10.8 Å². The fourth-order valence-electron chi connectivity index (χ4n) is 1.95. The standard InChI is InChI=1S/C10H15BrO3/c1-6(11)10(12)13-5-7-2-3-8-9(4-7)14-8/h6-9H,2-5H2,1H3. The van der Waals surface area contributed by atoms with Crippen LogP contribution in [0.25, 0.3) is 0 Å². The average molecular weight is 263 g/mol. The molecule has 4 unspecified atom stereocenters. The van der Waals surface area contributed by atoms with Crippen molar-refractivity contribution in [2.75, 3.05) is 6.61 Å². The Morgan fingerprint density at radius 3 is 3.00 bits per heavy atom. The third-order valence-corrected chi connectivity index (χ3v) is 3.27. The van der Waals surface area contributed by atoms with Crippen molar-refractivity contribution in [2.45, 2.75) is 43.2 Å². The summed E-state index contributed by atoms with van der Waals surface area (Å²) in [4.78, 5) is 11.0. The number of hydrogen-bond acceptors (Lipinski definition) is 3. The molecule has 1 saturated heterocycles. The van der Waals surface area contributed by atoms with E-state index in [0.29, 0.717) is 24.7 Å². The number of rotatable bonds is 3. The second-order valence-electron chi connectivity index (χ2n) is 4.14. The average Bonchev–Trinajstić information content (AvgIpc) is 2.91. The first-order valence-electron chi connectivity index (χ1n) is 5.13. The van der Waals surface area contributed by atoms with Gasteiger partial charge in [-0.1, -0.05) is 15.9 Å². The van der Waals surface area contributed by atoms with Gasteiger partial charge in [0.1, 0.15) is 4.83 Å². The van der Waals surface area contributed by atoms with Gasteiger partial charge in [-0.05, 0) is 32.1 Å². The van der Waals surface area contributed by atoms with Gasteiger partial charge in [0.15, 0.2) is 0 Å². The van der Waals surface area contributed by atoms with Gasteiger partial charge in [0, 0.05) is 0 Å².